The van der Waals surface area contributed by atoms with Gasteiger partial charge in [0.2, 0.25) is 0 Å². The Morgan fingerprint density at radius 3 is 2.44 bits per heavy atom. The molecule has 0 radical (unpaired) electrons. The zero-order valence-corrected chi connectivity index (χ0v) is 25.3. The van der Waals surface area contributed by atoms with Gasteiger partial charge < -0.3 is 15.4 Å². The molecule has 11 heteroatoms. The first kappa shape index (κ1) is 31.2. The number of hydrogen-bond donors (Lipinski definition) is 3. The Balaban J connectivity index is 0.00000420. The lowest BCUT2D eigenvalue weighted by Gasteiger charge is -2.22. The van der Waals surface area contributed by atoms with Gasteiger partial charge in [-0.05, 0) is 92.9 Å². The minimum Gasteiger partial charge on any atom is -0.454 e. The van der Waals surface area contributed by atoms with Crippen molar-refractivity contribution in [3.63, 3.8) is 0 Å². The van der Waals surface area contributed by atoms with Crippen molar-refractivity contribution in [2.75, 3.05) is 24.4 Å². The second kappa shape index (κ2) is 14.9. The average Bonchev–Trinajstić information content (AvgIpc) is 2.91. The first-order valence-electron chi connectivity index (χ1n) is 12.7. The molecule has 0 saturated carbocycles. The maximum absolute atomic E-state index is 13.1. The van der Waals surface area contributed by atoms with Crippen molar-refractivity contribution in [1.82, 2.24) is 10.6 Å². The van der Waals surface area contributed by atoms with Crippen molar-refractivity contribution in [1.29, 1.82) is 0 Å². The van der Waals surface area contributed by atoms with Crippen LogP contribution in [0.5, 0.6) is 11.5 Å². The molecular formula is C28H32BrCl2N3O4S. The highest BCUT2D eigenvalue weighted by molar-refractivity contribution is 9.10. The highest BCUT2D eigenvalue weighted by Gasteiger charge is 2.18. The van der Waals surface area contributed by atoms with E-state index < -0.39 is 10.0 Å². The van der Waals surface area contributed by atoms with Crippen LogP contribution >= 0.6 is 39.9 Å². The molecule has 4 rings (SSSR count). The van der Waals surface area contributed by atoms with E-state index in [-0.39, 0.29) is 28.9 Å². The van der Waals surface area contributed by atoms with E-state index >= 15 is 0 Å². The van der Waals surface area contributed by atoms with Gasteiger partial charge in [0.1, 0.15) is 5.75 Å². The number of piperidine rings is 1. The van der Waals surface area contributed by atoms with Gasteiger partial charge in [-0.25, -0.2) is 8.42 Å². The maximum atomic E-state index is 13.1. The van der Waals surface area contributed by atoms with Crippen molar-refractivity contribution in [3.8, 4) is 11.5 Å². The predicted molar refractivity (Wildman–Crippen MR) is 162 cm³/mol. The minimum atomic E-state index is -3.93. The van der Waals surface area contributed by atoms with Gasteiger partial charge in [-0.2, -0.15) is 0 Å². The summed E-state index contributed by atoms with van der Waals surface area (Å²) in [6.45, 7) is 2.80. The molecule has 1 fully saturated rings. The highest BCUT2D eigenvalue weighted by Crippen LogP contribution is 2.35. The molecule has 39 heavy (non-hydrogen) atoms. The zero-order valence-electron chi connectivity index (χ0n) is 21.3. The van der Waals surface area contributed by atoms with Gasteiger partial charge in [0.05, 0.1) is 15.6 Å². The van der Waals surface area contributed by atoms with Gasteiger partial charge in [0.15, 0.2) is 5.75 Å². The van der Waals surface area contributed by atoms with Crippen LogP contribution in [0.4, 0.5) is 5.69 Å². The number of unbranched alkanes of at least 4 members (excludes halogenated alkanes) is 1. The van der Waals surface area contributed by atoms with E-state index in [0.29, 0.717) is 28.6 Å². The number of amides is 1. The van der Waals surface area contributed by atoms with Crippen LogP contribution < -0.4 is 20.1 Å². The first-order valence-corrected chi connectivity index (χ1v) is 15.3. The zero-order chi connectivity index (χ0) is 27.0. The summed E-state index contributed by atoms with van der Waals surface area (Å²) in [5, 5.41) is 6.69. The summed E-state index contributed by atoms with van der Waals surface area (Å²) in [5.41, 5.74) is 0.675. The molecule has 3 N–H and O–H groups in total. The Morgan fingerprint density at radius 2 is 1.72 bits per heavy atom. The second-order valence-corrected chi connectivity index (χ2v) is 12.3. The van der Waals surface area contributed by atoms with Gasteiger partial charge >= 0.3 is 0 Å². The largest absolute Gasteiger partial charge is 0.454 e. The van der Waals surface area contributed by atoms with E-state index in [9.17, 15) is 13.2 Å². The number of sulfonamides is 1. The Kier molecular flexibility index (Phi) is 11.9. The molecular weight excluding hydrogens is 625 g/mol. The van der Waals surface area contributed by atoms with Crippen molar-refractivity contribution < 1.29 is 17.9 Å². The van der Waals surface area contributed by atoms with E-state index in [2.05, 4.69) is 31.3 Å². The number of nitrogens with one attached hydrogen (secondary N) is 3. The standard InChI is InChI=1S/C28H31BrClN3O4S.ClH/c29-22-10-13-26(24(30)19-22)37-27-7-2-1-6-25(27)33-38(35,36)23-11-8-21(9-12-23)28(34)32-16-4-3-5-20-14-17-31-18-15-20;/h1-2,6-13,19-20,31,33H,3-5,14-18H2,(H,32,34);1H. The lowest BCUT2D eigenvalue weighted by Crippen LogP contribution is -2.28. The summed E-state index contributed by atoms with van der Waals surface area (Å²) >= 11 is 9.60. The second-order valence-electron chi connectivity index (χ2n) is 9.25. The third kappa shape index (κ3) is 9.11. The molecule has 1 aliphatic rings. The Labute approximate surface area is 249 Å². The summed E-state index contributed by atoms with van der Waals surface area (Å²) in [4.78, 5) is 12.5. The number of anilines is 1. The number of benzene rings is 3. The summed E-state index contributed by atoms with van der Waals surface area (Å²) < 4.78 is 35.4. The molecule has 1 heterocycles. The molecule has 1 amide bonds. The predicted octanol–water partition coefficient (Wildman–Crippen LogP) is 7.02. The summed E-state index contributed by atoms with van der Waals surface area (Å²) in [7, 11) is -3.93. The van der Waals surface area contributed by atoms with Gasteiger partial charge in [-0.15, -0.1) is 12.4 Å². The first-order chi connectivity index (χ1) is 18.3. The lowest BCUT2D eigenvalue weighted by molar-refractivity contribution is 0.0952. The Morgan fingerprint density at radius 1 is 1.00 bits per heavy atom. The van der Waals surface area contributed by atoms with Crippen LogP contribution in [-0.2, 0) is 10.0 Å². The molecule has 0 bridgehead atoms. The normalized spacial score (nSPS) is 13.8. The SMILES string of the molecule is Cl.O=C(NCCCCC1CCNCC1)c1ccc(S(=O)(=O)Nc2ccccc2Oc2ccc(Br)cc2Cl)cc1. The van der Waals surface area contributed by atoms with Crippen LogP contribution in [0.2, 0.25) is 5.02 Å². The maximum Gasteiger partial charge on any atom is 0.262 e. The van der Waals surface area contributed by atoms with E-state index in [1.165, 1.54) is 43.5 Å². The molecule has 7 nitrogen and oxygen atoms in total. The number of para-hydroxylation sites is 2. The van der Waals surface area contributed by atoms with E-state index in [0.717, 1.165) is 36.3 Å². The van der Waals surface area contributed by atoms with Crippen molar-refractivity contribution >= 4 is 61.6 Å². The molecule has 0 unspecified atom stereocenters. The monoisotopic (exact) mass is 655 g/mol. The van der Waals surface area contributed by atoms with Crippen LogP contribution in [0.1, 0.15) is 42.5 Å². The van der Waals surface area contributed by atoms with E-state index in [1.54, 1.807) is 42.5 Å². The Bertz CT molecular complexity index is 1350. The van der Waals surface area contributed by atoms with Crippen LogP contribution in [0, 0.1) is 5.92 Å². The van der Waals surface area contributed by atoms with Gasteiger partial charge in [-0.1, -0.05) is 52.5 Å². The smallest absolute Gasteiger partial charge is 0.262 e. The third-order valence-electron chi connectivity index (χ3n) is 6.46. The van der Waals surface area contributed by atoms with Crippen LogP contribution in [0.3, 0.4) is 0 Å². The van der Waals surface area contributed by atoms with E-state index in [1.807, 2.05) is 0 Å². The van der Waals surface area contributed by atoms with E-state index in [4.69, 9.17) is 16.3 Å². The summed E-state index contributed by atoms with van der Waals surface area (Å²) in [6, 6.07) is 17.7. The number of carbonyl (C=O) groups excluding carboxylic acids is 1. The molecule has 3 aromatic carbocycles. The van der Waals surface area contributed by atoms with Gasteiger partial charge in [0, 0.05) is 16.6 Å². The van der Waals surface area contributed by atoms with Crippen LogP contribution in [0.25, 0.3) is 0 Å². The molecule has 3 aromatic rings. The topological polar surface area (TPSA) is 96.5 Å². The number of hydrogen-bond acceptors (Lipinski definition) is 5. The number of rotatable bonds is 11. The molecule has 1 saturated heterocycles. The molecule has 0 aliphatic carbocycles. The fourth-order valence-electron chi connectivity index (χ4n) is 4.34. The highest BCUT2D eigenvalue weighted by atomic mass is 79.9. The lowest BCUT2D eigenvalue weighted by atomic mass is 9.92. The molecule has 0 spiro atoms. The summed E-state index contributed by atoms with van der Waals surface area (Å²) in [6.07, 6.45) is 5.68. The van der Waals surface area contributed by atoms with Crippen LogP contribution in [0.15, 0.2) is 76.1 Å². The molecule has 0 atom stereocenters. The molecule has 210 valence electrons. The molecule has 0 aromatic heterocycles. The molecule has 1 aliphatic heterocycles. The average molecular weight is 657 g/mol. The van der Waals surface area contributed by atoms with Gasteiger partial charge in [0.25, 0.3) is 15.9 Å². The van der Waals surface area contributed by atoms with Crippen LogP contribution in [-0.4, -0.2) is 34.0 Å². The van der Waals surface area contributed by atoms with Crippen molar-refractivity contribution in [2.45, 2.75) is 37.0 Å². The third-order valence-corrected chi connectivity index (χ3v) is 8.63. The number of carbonyl (C=O) groups is 1. The number of ether oxygens (including phenoxy) is 1. The fraction of sp³-hybridized carbons (Fsp3) is 0.321. The Hall–Kier alpha value is -2.30. The summed E-state index contributed by atoms with van der Waals surface area (Å²) in [5.74, 6) is 1.26. The van der Waals surface area contributed by atoms with Crippen molar-refractivity contribution in [3.05, 3.63) is 81.8 Å². The van der Waals surface area contributed by atoms with Gasteiger partial charge in [-0.3, -0.25) is 9.52 Å². The minimum absolute atomic E-state index is 0. The number of halogens is 3. The quantitative estimate of drug-likeness (QED) is 0.193. The fourth-order valence-corrected chi connectivity index (χ4v) is 6.12. The van der Waals surface area contributed by atoms with Crippen molar-refractivity contribution in [2.24, 2.45) is 5.92 Å².